The van der Waals surface area contributed by atoms with Crippen LogP contribution >= 0.6 is 11.8 Å². The predicted octanol–water partition coefficient (Wildman–Crippen LogP) is 2.00. The van der Waals surface area contributed by atoms with E-state index in [1.54, 1.807) is 13.2 Å². The molecule has 0 aromatic carbocycles. The predicted molar refractivity (Wildman–Crippen MR) is 79.8 cm³/mol. The van der Waals surface area contributed by atoms with E-state index in [0.717, 1.165) is 4.68 Å². The quantitative estimate of drug-likeness (QED) is 0.476. The number of amides is 1. The molecule has 1 N–H and O–H groups in total. The molecule has 2 aromatic rings. The van der Waals surface area contributed by atoms with E-state index in [2.05, 4.69) is 20.4 Å². The average Bonchev–Trinajstić information content (AvgIpc) is 2.95. The number of nitrogens with zero attached hydrogens (tertiary/aromatic N) is 5. The molecule has 1 amide bonds. The van der Waals surface area contributed by atoms with Crippen LogP contribution in [0.2, 0.25) is 0 Å². The lowest BCUT2D eigenvalue weighted by atomic mass is 10.4. The van der Waals surface area contributed by atoms with Gasteiger partial charge in [0.2, 0.25) is 6.41 Å². The molecule has 0 aliphatic rings. The van der Waals surface area contributed by atoms with Gasteiger partial charge in [-0.2, -0.15) is 5.10 Å². The van der Waals surface area contributed by atoms with Crippen molar-refractivity contribution in [3.05, 3.63) is 18.6 Å². The van der Waals surface area contributed by atoms with Gasteiger partial charge >= 0.3 is 0 Å². The van der Waals surface area contributed by atoms with Gasteiger partial charge in [-0.3, -0.25) is 14.4 Å². The van der Waals surface area contributed by atoms with Crippen molar-refractivity contribution in [3.8, 4) is 0 Å². The summed E-state index contributed by atoms with van der Waals surface area (Å²) in [6.07, 6.45) is 4.08. The smallest absolute Gasteiger partial charge is 0.257 e. The van der Waals surface area contributed by atoms with Gasteiger partial charge in [-0.25, -0.2) is 18.7 Å². The van der Waals surface area contributed by atoms with Gasteiger partial charge in [-0.1, -0.05) is 11.8 Å². The zero-order chi connectivity index (χ0) is 16.1. The summed E-state index contributed by atoms with van der Waals surface area (Å²) >= 11 is 1.33. The topological polar surface area (TPSA) is 75.9 Å². The van der Waals surface area contributed by atoms with Crippen molar-refractivity contribution in [1.29, 1.82) is 0 Å². The third kappa shape index (κ3) is 3.50. The first kappa shape index (κ1) is 16.1. The maximum absolute atomic E-state index is 12.4. The highest BCUT2D eigenvalue weighted by molar-refractivity contribution is 7.98. The third-order valence-electron chi connectivity index (χ3n) is 2.75. The van der Waals surface area contributed by atoms with Gasteiger partial charge in [0.25, 0.3) is 6.43 Å². The molecule has 10 heteroatoms. The van der Waals surface area contributed by atoms with Crippen molar-refractivity contribution in [2.24, 2.45) is 0 Å². The first-order chi connectivity index (χ1) is 10.6. The number of thioether (sulfide) groups is 1. The van der Waals surface area contributed by atoms with E-state index in [9.17, 15) is 13.6 Å². The number of halogens is 2. The highest BCUT2D eigenvalue weighted by atomic mass is 32.2. The van der Waals surface area contributed by atoms with Gasteiger partial charge in [-0.05, 0) is 6.26 Å². The number of carbonyl (C=O) groups excluding carboxylic acids is 1. The van der Waals surface area contributed by atoms with E-state index >= 15 is 0 Å². The molecule has 22 heavy (non-hydrogen) atoms. The summed E-state index contributed by atoms with van der Waals surface area (Å²) < 4.78 is 25.8. The zero-order valence-corrected chi connectivity index (χ0v) is 12.7. The van der Waals surface area contributed by atoms with E-state index < -0.39 is 13.0 Å². The molecule has 0 aliphatic carbocycles. The molecule has 7 nitrogen and oxygen atoms in total. The molecule has 118 valence electrons. The van der Waals surface area contributed by atoms with Crippen molar-refractivity contribution >= 4 is 35.4 Å². The molecule has 0 saturated carbocycles. The molecule has 2 heterocycles. The second-order valence-corrected chi connectivity index (χ2v) is 4.90. The van der Waals surface area contributed by atoms with Crippen LogP contribution in [0.5, 0.6) is 0 Å². The SMILES string of the molecule is CNc1cnc(SC)nc1N(C=O)c1cnn(CC(F)F)c1. The summed E-state index contributed by atoms with van der Waals surface area (Å²) in [6.45, 7) is -0.536. The summed E-state index contributed by atoms with van der Waals surface area (Å²) in [7, 11) is 1.67. The summed E-state index contributed by atoms with van der Waals surface area (Å²) in [5.74, 6) is 0.327. The Bertz CT molecular complexity index is 650. The highest BCUT2D eigenvalue weighted by Crippen LogP contribution is 2.29. The van der Waals surface area contributed by atoms with E-state index in [1.165, 1.54) is 29.1 Å². The summed E-state index contributed by atoms with van der Waals surface area (Å²) in [5, 5.41) is 7.19. The standard InChI is InChI=1S/C12H14F2N6OS/c1-15-9-4-16-12(22-2)18-11(9)20(7-21)8-3-17-19(5-8)6-10(13)14/h3-5,7,10,15H,6H2,1-2H3. The lowest BCUT2D eigenvalue weighted by Crippen LogP contribution is -2.17. The Labute approximate surface area is 129 Å². The summed E-state index contributed by atoms with van der Waals surface area (Å²) in [6, 6.07) is 0. The molecule has 0 unspecified atom stereocenters. The number of carbonyl (C=O) groups is 1. The van der Waals surface area contributed by atoms with E-state index in [-0.39, 0.29) is 0 Å². The monoisotopic (exact) mass is 328 g/mol. The number of hydrogen-bond donors (Lipinski definition) is 1. The minimum atomic E-state index is -2.52. The van der Waals surface area contributed by atoms with Gasteiger partial charge in [0.15, 0.2) is 11.0 Å². The number of anilines is 3. The molecule has 0 radical (unpaired) electrons. The molecular weight excluding hydrogens is 314 g/mol. The maximum Gasteiger partial charge on any atom is 0.257 e. The van der Waals surface area contributed by atoms with E-state index in [0.29, 0.717) is 28.8 Å². The molecule has 2 aromatic heterocycles. The minimum Gasteiger partial charge on any atom is -0.384 e. The Balaban J connectivity index is 2.39. The largest absolute Gasteiger partial charge is 0.384 e. The van der Waals surface area contributed by atoms with Crippen LogP contribution in [0.25, 0.3) is 0 Å². The molecule has 2 rings (SSSR count). The van der Waals surface area contributed by atoms with Gasteiger partial charge in [0, 0.05) is 13.2 Å². The fourth-order valence-corrected chi connectivity index (χ4v) is 2.10. The van der Waals surface area contributed by atoms with Gasteiger partial charge in [-0.15, -0.1) is 0 Å². The van der Waals surface area contributed by atoms with Crippen LogP contribution in [0.3, 0.4) is 0 Å². The Morgan fingerprint density at radius 1 is 1.50 bits per heavy atom. The normalized spacial score (nSPS) is 10.8. The van der Waals surface area contributed by atoms with Gasteiger partial charge in [0.05, 0.1) is 23.8 Å². The Morgan fingerprint density at radius 2 is 2.27 bits per heavy atom. The van der Waals surface area contributed by atoms with Crippen LogP contribution in [-0.2, 0) is 11.3 Å². The van der Waals surface area contributed by atoms with Crippen molar-refractivity contribution in [3.63, 3.8) is 0 Å². The maximum atomic E-state index is 12.4. The van der Waals surface area contributed by atoms with Crippen molar-refractivity contribution in [2.45, 2.75) is 18.1 Å². The minimum absolute atomic E-state index is 0.327. The Kier molecular flexibility index (Phi) is 5.26. The van der Waals surface area contributed by atoms with E-state index in [4.69, 9.17) is 0 Å². The number of rotatable bonds is 7. The first-order valence-electron chi connectivity index (χ1n) is 6.23. The van der Waals surface area contributed by atoms with Gasteiger partial charge in [0.1, 0.15) is 6.54 Å². The van der Waals surface area contributed by atoms with Crippen LogP contribution in [0.4, 0.5) is 26.0 Å². The second-order valence-electron chi connectivity index (χ2n) is 4.13. The lowest BCUT2D eigenvalue weighted by molar-refractivity contribution is -0.106. The third-order valence-corrected chi connectivity index (χ3v) is 3.32. The fraction of sp³-hybridized carbons (Fsp3) is 0.333. The van der Waals surface area contributed by atoms with Gasteiger partial charge < -0.3 is 5.32 Å². The number of hydrogen-bond acceptors (Lipinski definition) is 6. The zero-order valence-electron chi connectivity index (χ0n) is 11.9. The molecule has 0 bridgehead atoms. The molecule has 0 saturated heterocycles. The average molecular weight is 328 g/mol. The Morgan fingerprint density at radius 3 is 2.86 bits per heavy atom. The molecule has 0 fully saturated rings. The molecular formula is C12H14F2N6OS. The van der Waals surface area contributed by atoms with E-state index in [1.807, 2.05) is 6.26 Å². The van der Waals surface area contributed by atoms with Crippen LogP contribution in [0.15, 0.2) is 23.7 Å². The number of nitrogens with one attached hydrogen (secondary N) is 1. The van der Waals surface area contributed by atoms with Crippen LogP contribution in [0, 0.1) is 0 Å². The second kappa shape index (κ2) is 7.16. The molecule has 0 atom stereocenters. The molecule has 0 aliphatic heterocycles. The van der Waals surface area contributed by atoms with Crippen molar-refractivity contribution in [2.75, 3.05) is 23.5 Å². The summed E-state index contributed by atoms with van der Waals surface area (Å²) in [5.41, 5.74) is 0.879. The lowest BCUT2D eigenvalue weighted by Gasteiger charge is -2.17. The van der Waals surface area contributed by atoms with Crippen LogP contribution < -0.4 is 10.2 Å². The number of aromatic nitrogens is 4. The highest BCUT2D eigenvalue weighted by Gasteiger charge is 2.18. The summed E-state index contributed by atoms with van der Waals surface area (Å²) in [4.78, 5) is 21.1. The van der Waals surface area contributed by atoms with Crippen molar-refractivity contribution < 1.29 is 13.6 Å². The first-order valence-corrected chi connectivity index (χ1v) is 7.45. The molecule has 0 spiro atoms. The van der Waals surface area contributed by atoms with Crippen LogP contribution in [0.1, 0.15) is 0 Å². The fourth-order valence-electron chi connectivity index (χ4n) is 1.77. The Hall–Kier alpha value is -2.23. The van der Waals surface area contributed by atoms with Crippen molar-refractivity contribution in [1.82, 2.24) is 19.7 Å². The number of alkyl halides is 2. The van der Waals surface area contributed by atoms with Crippen LogP contribution in [-0.4, -0.2) is 45.9 Å².